The first-order valence-corrected chi connectivity index (χ1v) is 11.0. The predicted molar refractivity (Wildman–Crippen MR) is 118 cm³/mol. The summed E-state index contributed by atoms with van der Waals surface area (Å²) >= 11 is 1.55. The lowest BCUT2D eigenvalue weighted by Gasteiger charge is -2.31. The Labute approximate surface area is 172 Å². The lowest BCUT2D eigenvalue weighted by atomic mass is 10.1. The highest BCUT2D eigenvalue weighted by Gasteiger charge is 2.19. The van der Waals surface area contributed by atoms with Crippen LogP contribution in [-0.2, 0) is 9.59 Å². The van der Waals surface area contributed by atoms with Crippen LogP contribution in [0.1, 0.15) is 13.3 Å². The molecule has 1 fully saturated rings. The second kappa shape index (κ2) is 11.3. The molecular formula is C20H33N5O2S. The van der Waals surface area contributed by atoms with Crippen LogP contribution in [0.4, 0.5) is 11.4 Å². The molecule has 2 unspecified atom stereocenters. The minimum atomic E-state index is -0.0843. The van der Waals surface area contributed by atoms with E-state index in [2.05, 4.69) is 39.7 Å². The first-order valence-electron chi connectivity index (χ1n) is 9.73. The van der Waals surface area contributed by atoms with Crippen molar-refractivity contribution in [3.05, 3.63) is 24.3 Å². The minimum absolute atomic E-state index is 0.0109. The number of nitrogens with one attached hydrogen (secondary N) is 3. The molecule has 0 bridgehead atoms. The summed E-state index contributed by atoms with van der Waals surface area (Å²) in [5.41, 5.74) is 1.71. The van der Waals surface area contributed by atoms with Crippen molar-refractivity contribution in [2.45, 2.75) is 24.6 Å². The van der Waals surface area contributed by atoms with Crippen molar-refractivity contribution in [1.82, 2.24) is 15.1 Å². The van der Waals surface area contributed by atoms with E-state index in [0.29, 0.717) is 6.54 Å². The first kappa shape index (κ1) is 22.5. The second-order valence-corrected chi connectivity index (χ2v) is 8.37. The summed E-state index contributed by atoms with van der Waals surface area (Å²) in [6, 6.07) is 7.86. The molecule has 1 aromatic rings. The number of rotatable bonds is 9. The number of benzene rings is 1. The van der Waals surface area contributed by atoms with Crippen molar-refractivity contribution >= 4 is 35.0 Å². The fourth-order valence-corrected chi connectivity index (χ4v) is 4.05. The Kier molecular flexibility index (Phi) is 9.08. The number of carbonyl (C=O) groups is 2. The summed E-state index contributed by atoms with van der Waals surface area (Å²) in [6.45, 7) is 6.32. The maximum atomic E-state index is 12.4. The largest absolute Gasteiger partial charge is 0.382 e. The third-order valence-corrected chi connectivity index (χ3v) is 5.89. The monoisotopic (exact) mass is 407 g/mol. The molecule has 28 heavy (non-hydrogen) atoms. The van der Waals surface area contributed by atoms with E-state index in [-0.39, 0.29) is 23.1 Å². The van der Waals surface area contributed by atoms with Gasteiger partial charge in [0.2, 0.25) is 11.8 Å². The number of carbonyl (C=O) groups excluding carboxylic acids is 2. The summed E-state index contributed by atoms with van der Waals surface area (Å²) in [5.74, 6) is 0.0582. The van der Waals surface area contributed by atoms with Crippen LogP contribution in [0.5, 0.6) is 0 Å². The van der Waals surface area contributed by atoms with Gasteiger partial charge < -0.3 is 20.9 Å². The van der Waals surface area contributed by atoms with Crippen molar-refractivity contribution in [3.63, 3.8) is 0 Å². The summed E-state index contributed by atoms with van der Waals surface area (Å²) in [5, 5.41) is 9.04. The second-order valence-electron chi connectivity index (χ2n) is 7.33. The molecule has 1 saturated heterocycles. The third-order valence-electron chi connectivity index (χ3n) is 4.91. The van der Waals surface area contributed by atoms with E-state index in [1.807, 2.05) is 30.5 Å². The Morgan fingerprint density at radius 1 is 1.18 bits per heavy atom. The number of nitrogens with zero attached hydrogens (tertiary/aromatic N) is 2. The van der Waals surface area contributed by atoms with Crippen molar-refractivity contribution < 1.29 is 9.59 Å². The maximum Gasteiger partial charge on any atom is 0.238 e. The van der Waals surface area contributed by atoms with Gasteiger partial charge in [-0.15, -0.1) is 0 Å². The average molecular weight is 408 g/mol. The van der Waals surface area contributed by atoms with Crippen LogP contribution in [0, 0.1) is 0 Å². The molecule has 1 aliphatic heterocycles. The van der Waals surface area contributed by atoms with Gasteiger partial charge in [0.1, 0.15) is 0 Å². The van der Waals surface area contributed by atoms with Crippen molar-refractivity contribution in [1.29, 1.82) is 0 Å². The Hall–Kier alpha value is -1.77. The number of amides is 2. The third kappa shape index (κ3) is 7.33. The van der Waals surface area contributed by atoms with Crippen molar-refractivity contribution in [2.24, 2.45) is 0 Å². The quantitative estimate of drug-likeness (QED) is 0.577. The summed E-state index contributed by atoms with van der Waals surface area (Å²) in [7, 11) is 3.77. The van der Waals surface area contributed by atoms with Crippen LogP contribution in [0.2, 0.25) is 0 Å². The van der Waals surface area contributed by atoms with E-state index in [0.717, 1.165) is 44.0 Å². The highest BCUT2D eigenvalue weighted by Crippen LogP contribution is 2.20. The minimum Gasteiger partial charge on any atom is -0.382 e. The molecule has 7 nitrogen and oxygen atoms in total. The highest BCUT2D eigenvalue weighted by molar-refractivity contribution is 7.99. The molecule has 156 valence electrons. The van der Waals surface area contributed by atoms with Gasteiger partial charge in [-0.3, -0.25) is 14.5 Å². The van der Waals surface area contributed by atoms with Gasteiger partial charge in [0, 0.05) is 50.6 Å². The van der Waals surface area contributed by atoms with Crippen LogP contribution in [0.15, 0.2) is 24.3 Å². The Bertz CT molecular complexity index is 649. The van der Waals surface area contributed by atoms with E-state index in [1.165, 1.54) is 0 Å². The maximum absolute atomic E-state index is 12.4. The SMILES string of the molecule is CNC(=O)C(CC(C)Nc1cccc(NC(=O)CN2CCN(C)CC2)c1)SC. The number of anilines is 2. The van der Waals surface area contributed by atoms with Gasteiger partial charge in [-0.05, 0) is 44.8 Å². The van der Waals surface area contributed by atoms with Crippen LogP contribution < -0.4 is 16.0 Å². The molecule has 2 atom stereocenters. The number of hydrogen-bond donors (Lipinski definition) is 3. The zero-order valence-electron chi connectivity index (χ0n) is 17.3. The van der Waals surface area contributed by atoms with Gasteiger partial charge in [-0.1, -0.05) is 6.07 Å². The fraction of sp³-hybridized carbons (Fsp3) is 0.600. The van der Waals surface area contributed by atoms with Gasteiger partial charge in [0.25, 0.3) is 0 Å². The molecule has 8 heteroatoms. The number of piperazine rings is 1. The van der Waals surface area contributed by atoms with Crippen LogP contribution in [-0.4, -0.2) is 86.0 Å². The Morgan fingerprint density at radius 2 is 1.86 bits per heavy atom. The van der Waals surface area contributed by atoms with Crippen LogP contribution in [0.3, 0.4) is 0 Å². The molecule has 3 N–H and O–H groups in total. The Morgan fingerprint density at radius 3 is 2.50 bits per heavy atom. The molecule has 0 saturated carbocycles. The van der Waals surface area contributed by atoms with Gasteiger partial charge >= 0.3 is 0 Å². The van der Waals surface area contributed by atoms with E-state index in [9.17, 15) is 9.59 Å². The smallest absolute Gasteiger partial charge is 0.238 e. The summed E-state index contributed by atoms with van der Waals surface area (Å²) in [4.78, 5) is 28.7. The van der Waals surface area contributed by atoms with Crippen molar-refractivity contribution in [3.8, 4) is 0 Å². The normalized spacial score (nSPS) is 17.6. The molecule has 1 heterocycles. The van der Waals surface area contributed by atoms with Crippen LogP contribution in [0.25, 0.3) is 0 Å². The van der Waals surface area contributed by atoms with E-state index >= 15 is 0 Å². The molecule has 1 aliphatic rings. The van der Waals surface area contributed by atoms with E-state index < -0.39 is 0 Å². The Balaban J connectivity index is 1.85. The number of thioether (sulfide) groups is 1. The lowest BCUT2D eigenvalue weighted by Crippen LogP contribution is -2.47. The zero-order chi connectivity index (χ0) is 20.5. The molecular weight excluding hydrogens is 374 g/mol. The van der Waals surface area contributed by atoms with Gasteiger partial charge in [0.05, 0.1) is 11.8 Å². The molecule has 2 rings (SSSR count). The van der Waals surface area contributed by atoms with E-state index in [1.54, 1.807) is 18.8 Å². The van der Waals surface area contributed by atoms with Crippen molar-refractivity contribution in [2.75, 3.05) is 63.7 Å². The lowest BCUT2D eigenvalue weighted by molar-refractivity contribution is -0.120. The van der Waals surface area contributed by atoms with Gasteiger partial charge in [-0.2, -0.15) is 11.8 Å². The molecule has 2 amide bonds. The molecule has 1 aromatic carbocycles. The summed E-state index contributed by atoms with van der Waals surface area (Å²) < 4.78 is 0. The number of hydrogen-bond acceptors (Lipinski definition) is 6. The van der Waals surface area contributed by atoms with E-state index in [4.69, 9.17) is 0 Å². The van der Waals surface area contributed by atoms with Crippen LogP contribution >= 0.6 is 11.8 Å². The summed E-state index contributed by atoms with van der Waals surface area (Å²) in [6.07, 6.45) is 2.67. The standard InChI is InChI=1S/C20H33N5O2S/c1-15(12-18(28-4)20(27)21-2)22-16-6-5-7-17(13-16)23-19(26)14-25-10-8-24(3)9-11-25/h5-7,13,15,18,22H,8-12,14H2,1-4H3,(H,21,27)(H,23,26). The molecule has 0 aliphatic carbocycles. The first-order chi connectivity index (χ1) is 13.4. The molecule has 0 radical (unpaired) electrons. The predicted octanol–water partition coefficient (Wildman–Crippen LogP) is 1.54. The fourth-order valence-electron chi connectivity index (χ4n) is 3.23. The highest BCUT2D eigenvalue weighted by atomic mass is 32.2. The molecule has 0 spiro atoms. The average Bonchev–Trinajstić information content (AvgIpc) is 2.67. The zero-order valence-corrected chi connectivity index (χ0v) is 18.1. The topological polar surface area (TPSA) is 76.7 Å². The van der Waals surface area contributed by atoms with Gasteiger partial charge in [0.15, 0.2) is 0 Å². The molecule has 0 aromatic heterocycles. The number of likely N-dealkylation sites (N-methyl/N-ethyl adjacent to an activating group) is 1. The van der Waals surface area contributed by atoms with Gasteiger partial charge in [-0.25, -0.2) is 0 Å².